The van der Waals surface area contributed by atoms with E-state index in [1.54, 1.807) is 0 Å². The average molecular weight is 364 g/mol. The van der Waals surface area contributed by atoms with Crippen LogP contribution in [0.3, 0.4) is 0 Å². The number of anilines is 2. The third-order valence-electron chi connectivity index (χ3n) is 4.30. The first kappa shape index (κ1) is 18.2. The van der Waals surface area contributed by atoms with Crippen LogP contribution in [0, 0.1) is 0 Å². The molecule has 138 valence electrons. The summed E-state index contributed by atoms with van der Waals surface area (Å²) in [4.78, 5) is 20.6. The molecule has 5 nitrogen and oxygen atoms in total. The monoisotopic (exact) mass is 364 g/mol. The molecule has 0 bridgehead atoms. The molecule has 0 aliphatic heterocycles. The fraction of sp³-hybridized carbons (Fsp3) is 0.389. The predicted octanol–water partition coefficient (Wildman–Crippen LogP) is 4.49. The summed E-state index contributed by atoms with van der Waals surface area (Å²) in [5.74, 6) is -0.115. The Labute approximate surface area is 149 Å². The van der Waals surface area contributed by atoms with E-state index in [2.05, 4.69) is 20.6 Å². The van der Waals surface area contributed by atoms with Gasteiger partial charge in [-0.15, -0.1) is 0 Å². The van der Waals surface area contributed by atoms with Crippen molar-refractivity contribution in [2.45, 2.75) is 44.3 Å². The third-order valence-corrected chi connectivity index (χ3v) is 4.30. The van der Waals surface area contributed by atoms with Crippen LogP contribution >= 0.6 is 0 Å². The van der Waals surface area contributed by atoms with Crippen LogP contribution in [0.15, 0.2) is 36.5 Å². The SMILES string of the molecule is O=C(Nc1ccc(C(F)(F)F)cc1)c1ccnc(NC2CCCCC2)n1. The van der Waals surface area contributed by atoms with Crippen molar-refractivity contribution in [2.75, 3.05) is 10.6 Å². The van der Waals surface area contributed by atoms with Crippen LogP contribution in [-0.2, 0) is 6.18 Å². The number of halogens is 3. The molecule has 1 aromatic carbocycles. The highest BCUT2D eigenvalue weighted by Gasteiger charge is 2.30. The van der Waals surface area contributed by atoms with Gasteiger partial charge in [-0.2, -0.15) is 13.2 Å². The molecule has 1 amide bonds. The maximum Gasteiger partial charge on any atom is 0.416 e. The van der Waals surface area contributed by atoms with Crippen LogP contribution in [0.25, 0.3) is 0 Å². The summed E-state index contributed by atoms with van der Waals surface area (Å²) in [5, 5.41) is 5.78. The number of hydrogen-bond acceptors (Lipinski definition) is 4. The molecular weight excluding hydrogens is 345 g/mol. The zero-order valence-corrected chi connectivity index (χ0v) is 14.0. The lowest BCUT2D eigenvalue weighted by Gasteiger charge is -2.22. The summed E-state index contributed by atoms with van der Waals surface area (Å²) < 4.78 is 37.7. The standard InChI is InChI=1S/C18H19F3N4O/c19-18(20,21)12-6-8-14(9-7-12)23-16(26)15-10-11-22-17(25-15)24-13-4-2-1-3-5-13/h6-11,13H,1-5H2,(H,23,26)(H,22,24,25). The van der Waals surface area contributed by atoms with Crippen molar-refractivity contribution in [3.8, 4) is 0 Å². The van der Waals surface area contributed by atoms with Gasteiger partial charge in [-0.1, -0.05) is 19.3 Å². The minimum absolute atomic E-state index is 0.151. The molecule has 1 aliphatic carbocycles. The highest BCUT2D eigenvalue weighted by atomic mass is 19.4. The van der Waals surface area contributed by atoms with Crippen molar-refractivity contribution in [3.63, 3.8) is 0 Å². The minimum Gasteiger partial charge on any atom is -0.351 e. The van der Waals surface area contributed by atoms with Crippen LogP contribution in [0.4, 0.5) is 24.8 Å². The van der Waals surface area contributed by atoms with Gasteiger partial charge in [-0.25, -0.2) is 9.97 Å². The highest BCUT2D eigenvalue weighted by molar-refractivity contribution is 6.02. The summed E-state index contributed by atoms with van der Waals surface area (Å²) in [6.07, 6.45) is 2.72. The number of rotatable bonds is 4. The number of nitrogens with one attached hydrogen (secondary N) is 2. The van der Waals surface area contributed by atoms with Crippen molar-refractivity contribution in [3.05, 3.63) is 47.8 Å². The van der Waals surface area contributed by atoms with Gasteiger partial charge in [0.1, 0.15) is 5.69 Å². The van der Waals surface area contributed by atoms with Gasteiger partial charge >= 0.3 is 6.18 Å². The van der Waals surface area contributed by atoms with E-state index in [1.165, 1.54) is 30.8 Å². The van der Waals surface area contributed by atoms with Gasteiger partial charge in [0.2, 0.25) is 5.95 Å². The molecule has 1 fully saturated rings. The fourth-order valence-corrected chi connectivity index (χ4v) is 2.92. The first-order valence-electron chi connectivity index (χ1n) is 8.50. The van der Waals surface area contributed by atoms with E-state index >= 15 is 0 Å². The lowest BCUT2D eigenvalue weighted by atomic mass is 9.96. The van der Waals surface area contributed by atoms with Crippen molar-refractivity contribution in [1.29, 1.82) is 0 Å². The molecule has 1 saturated carbocycles. The Morgan fingerprint density at radius 2 is 1.73 bits per heavy atom. The molecule has 1 aliphatic rings. The number of carbonyl (C=O) groups is 1. The molecular formula is C18H19F3N4O. The zero-order valence-electron chi connectivity index (χ0n) is 14.0. The molecule has 0 spiro atoms. The topological polar surface area (TPSA) is 66.9 Å². The van der Waals surface area contributed by atoms with Gasteiger partial charge in [-0.3, -0.25) is 4.79 Å². The number of carbonyl (C=O) groups excluding carboxylic acids is 1. The molecule has 8 heteroatoms. The lowest BCUT2D eigenvalue weighted by Crippen LogP contribution is -2.24. The Bertz CT molecular complexity index is 756. The predicted molar refractivity (Wildman–Crippen MR) is 91.9 cm³/mol. The van der Waals surface area contributed by atoms with Crippen molar-refractivity contribution >= 4 is 17.5 Å². The van der Waals surface area contributed by atoms with Crippen molar-refractivity contribution < 1.29 is 18.0 Å². The fourth-order valence-electron chi connectivity index (χ4n) is 2.92. The van der Waals surface area contributed by atoms with Crippen LogP contribution in [0.1, 0.15) is 48.2 Å². The number of benzene rings is 1. The zero-order chi connectivity index (χ0) is 18.6. The average Bonchev–Trinajstić information content (AvgIpc) is 2.62. The molecule has 0 unspecified atom stereocenters. The first-order valence-corrected chi connectivity index (χ1v) is 8.50. The quantitative estimate of drug-likeness (QED) is 0.839. The summed E-state index contributed by atoms with van der Waals surface area (Å²) >= 11 is 0. The van der Waals surface area contributed by atoms with E-state index in [1.807, 2.05) is 0 Å². The normalized spacial score (nSPS) is 15.5. The third kappa shape index (κ3) is 4.71. The van der Waals surface area contributed by atoms with Gasteiger partial charge in [-0.05, 0) is 43.2 Å². The second kappa shape index (κ2) is 7.72. The Hall–Kier alpha value is -2.64. The Balaban J connectivity index is 1.65. The van der Waals surface area contributed by atoms with E-state index in [0.717, 1.165) is 37.8 Å². The molecule has 26 heavy (non-hydrogen) atoms. The van der Waals surface area contributed by atoms with E-state index in [4.69, 9.17) is 0 Å². The van der Waals surface area contributed by atoms with Crippen LogP contribution in [-0.4, -0.2) is 21.9 Å². The first-order chi connectivity index (χ1) is 12.4. The van der Waals surface area contributed by atoms with E-state index in [-0.39, 0.29) is 11.4 Å². The number of alkyl halides is 3. The molecule has 2 aromatic rings. The van der Waals surface area contributed by atoms with Crippen LogP contribution in [0.2, 0.25) is 0 Å². The largest absolute Gasteiger partial charge is 0.416 e. The van der Waals surface area contributed by atoms with Gasteiger partial charge in [0.15, 0.2) is 0 Å². The van der Waals surface area contributed by atoms with Gasteiger partial charge in [0, 0.05) is 17.9 Å². The summed E-state index contributed by atoms with van der Waals surface area (Å²) in [5.41, 5.74) is -0.349. The second-order valence-electron chi connectivity index (χ2n) is 6.27. The number of amides is 1. The molecule has 0 radical (unpaired) electrons. The van der Waals surface area contributed by atoms with Crippen LogP contribution in [0.5, 0.6) is 0 Å². The summed E-state index contributed by atoms with van der Waals surface area (Å²) in [6, 6.07) is 6.03. The Morgan fingerprint density at radius 3 is 2.38 bits per heavy atom. The van der Waals surface area contributed by atoms with E-state index in [9.17, 15) is 18.0 Å². The van der Waals surface area contributed by atoms with Crippen molar-refractivity contribution in [2.24, 2.45) is 0 Å². The van der Waals surface area contributed by atoms with E-state index < -0.39 is 17.6 Å². The van der Waals surface area contributed by atoms with Gasteiger partial charge < -0.3 is 10.6 Å². The molecule has 2 N–H and O–H groups in total. The lowest BCUT2D eigenvalue weighted by molar-refractivity contribution is -0.137. The molecule has 1 heterocycles. The maximum absolute atomic E-state index is 12.6. The van der Waals surface area contributed by atoms with Crippen LogP contribution < -0.4 is 10.6 Å². The second-order valence-corrected chi connectivity index (χ2v) is 6.27. The summed E-state index contributed by atoms with van der Waals surface area (Å²) in [6.45, 7) is 0. The molecule has 0 saturated heterocycles. The van der Waals surface area contributed by atoms with Gasteiger partial charge in [0.05, 0.1) is 5.56 Å². The Morgan fingerprint density at radius 1 is 1.04 bits per heavy atom. The van der Waals surface area contributed by atoms with Gasteiger partial charge in [0.25, 0.3) is 5.91 Å². The Kier molecular flexibility index (Phi) is 5.39. The molecule has 1 aromatic heterocycles. The smallest absolute Gasteiger partial charge is 0.351 e. The number of aromatic nitrogens is 2. The summed E-state index contributed by atoms with van der Waals surface area (Å²) in [7, 11) is 0. The minimum atomic E-state index is -4.41. The molecule has 0 atom stereocenters. The molecule has 3 rings (SSSR count). The van der Waals surface area contributed by atoms with E-state index in [0.29, 0.717) is 12.0 Å². The highest BCUT2D eigenvalue weighted by Crippen LogP contribution is 2.29. The maximum atomic E-state index is 12.6. The van der Waals surface area contributed by atoms with Crippen molar-refractivity contribution in [1.82, 2.24) is 9.97 Å². The number of hydrogen-bond donors (Lipinski definition) is 2. The number of nitrogens with zero attached hydrogens (tertiary/aromatic N) is 2.